The van der Waals surface area contributed by atoms with Crippen molar-refractivity contribution in [3.05, 3.63) is 53.9 Å². The van der Waals surface area contributed by atoms with Crippen LogP contribution in [0.5, 0.6) is 11.5 Å². The van der Waals surface area contributed by atoms with Gasteiger partial charge in [0, 0.05) is 23.5 Å². The molecule has 0 bridgehead atoms. The third-order valence-corrected chi connectivity index (χ3v) is 2.16. The van der Waals surface area contributed by atoms with Gasteiger partial charge in [0.2, 0.25) is 0 Å². The summed E-state index contributed by atoms with van der Waals surface area (Å²) in [5.41, 5.74) is 0.746. The molecular weight excluding hydrogens is 206 g/mol. The van der Waals surface area contributed by atoms with Crippen molar-refractivity contribution in [2.24, 2.45) is 0 Å². The van der Waals surface area contributed by atoms with Gasteiger partial charge in [-0.1, -0.05) is 0 Å². The third kappa shape index (κ3) is 1.86. The molecule has 0 saturated carbocycles. The number of carbonyl (C=O) groups excluding carboxylic acids is 1. The number of hydrogen-bond donors (Lipinski definition) is 2. The Morgan fingerprint density at radius 2 is 1.88 bits per heavy atom. The van der Waals surface area contributed by atoms with Crippen LogP contribution in [0.15, 0.2) is 42.7 Å². The highest BCUT2D eigenvalue weighted by molar-refractivity contribution is 6.09. The van der Waals surface area contributed by atoms with E-state index in [1.807, 2.05) is 0 Å². The van der Waals surface area contributed by atoms with E-state index in [1.54, 1.807) is 18.3 Å². The predicted molar refractivity (Wildman–Crippen MR) is 57.4 cm³/mol. The van der Waals surface area contributed by atoms with Gasteiger partial charge in [-0.3, -0.25) is 9.78 Å². The Morgan fingerprint density at radius 3 is 2.50 bits per heavy atom. The van der Waals surface area contributed by atoms with Crippen LogP contribution < -0.4 is 0 Å². The highest BCUT2D eigenvalue weighted by Crippen LogP contribution is 2.25. The fourth-order valence-electron chi connectivity index (χ4n) is 1.33. The Labute approximate surface area is 91.8 Å². The quantitative estimate of drug-likeness (QED) is 0.591. The van der Waals surface area contributed by atoms with Gasteiger partial charge in [-0.2, -0.15) is 0 Å². The van der Waals surface area contributed by atoms with Gasteiger partial charge in [-0.25, -0.2) is 0 Å². The van der Waals surface area contributed by atoms with Crippen LogP contribution >= 0.6 is 0 Å². The molecule has 0 fully saturated rings. The molecular formula is C12H9NO3. The number of pyridine rings is 1. The maximum atomic E-state index is 11.9. The van der Waals surface area contributed by atoms with Gasteiger partial charge >= 0.3 is 0 Å². The van der Waals surface area contributed by atoms with Crippen molar-refractivity contribution < 1.29 is 15.0 Å². The lowest BCUT2D eigenvalue weighted by Crippen LogP contribution is -2.01. The number of phenols is 2. The number of phenolic OH excluding ortho intramolecular Hbond substituents is 2. The fourth-order valence-corrected chi connectivity index (χ4v) is 1.33. The second-order valence-electron chi connectivity index (χ2n) is 3.27. The highest BCUT2D eigenvalue weighted by Gasteiger charge is 2.10. The van der Waals surface area contributed by atoms with E-state index in [0.29, 0.717) is 11.1 Å². The second kappa shape index (κ2) is 4.02. The van der Waals surface area contributed by atoms with Crippen molar-refractivity contribution in [1.29, 1.82) is 0 Å². The molecule has 1 aromatic carbocycles. The van der Waals surface area contributed by atoms with Crippen LogP contribution in [-0.2, 0) is 0 Å². The van der Waals surface area contributed by atoms with Gasteiger partial charge in [-0.05, 0) is 30.3 Å². The lowest BCUT2D eigenvalue weighted by atomic mass is 10.0. The summed E-state index contributed by atoms with van der Waals surface area (Å²) in [6.07, 6.45) is 3.03. The molecule has 2 aromatic rings. The molecule has 80 valence electrons. The first kappa shape index (κ1) is 10.2. The first-order chi connectivity index (χ1) is 7.68. The van der Waals surface area contributed by atoms with E-state index < -0.39 is 0 Å². The molecule has 2 rings (SSSR count). The molecule has 0 aliphatic rings. The van der Waals surface area contributed by atoms with Crippen LogP contribution in [0, 0.1) is 0 Å². The molecule has 0 amide bonds. The van der Waals surface area contributed by atoms with Crippen molar-refractivity contribution in [1.82, 2.24) is 4.98 Å². The summed E-state index contributed by atoms with van der Waals surface area (Å²) in [6.45, 7) is 0. The Morgan fingerprint density at radius 1 is 1.06 bits per heavy atom. The molecule has 0 atom stereocenters. The molecule has 0 aliphatic heterocycles. The molecule has 1 heterocycles. The van der Waals surface area contributed by atoms with E-state index in [1.165, 1.54) is 24.4 Å². The minimum absolute atomic E-state index is 0.247. The number of aromatic nitrogens is 1. The number of carbonyl (C=O) groups is 1. The summed E-state index contributed by atoms with van der Waals surface area (Å²) < 4.78 is 0. The minimum atomic E-state index is -0.310. The lowest BCUT2D eigenvalue weighted by Gasteiger charge is -2.02. The van der Waals surface area contributed by atoms with E-state index in [9.17, 15) is 9.90 Å². The van der Waals surface area contributed by atoms with Crippen molar-refractivity contribution in [2.75, 3.05) is 0 Å². The molecule has 2 N–H and O–H groups in total. The highest BCUT2D eigenvalue weighted by atomic mass is 16.3. The van der Waals surface area contributed by atoms with E-state index >= 15 is 0 Å². The van der Waals surface area contributed by atoms with Gasteiger partial charge in [0.25, 0.3) is 0 Å². The van der Waals surface area contributed by atoms with E-state index in [0.717, 1.165) is 0 Å². The molecule has 0 saturated heterocycles. The maximum Gasteiger partial charge on any atom is 0.194 e. The van der Waals surface area contributed by atoms with Crippen LogP contribution in [-0.4, -0.2) is 21.0 Å². The van der Waals surface area contributed by atoms with Gasteiger partial charge in [0.15, 0.2) is 17.3 Å². The molecule has 4 nitrogen and oxygen atoms in total. The average molecular weight is 215 g/mol. The maximum absolute atomic E-state index is 11.9. The van der Waals surface area contributed by atoms with Crippen LogP contribution in [0.2, 0.25) is 0 Å². The van der Waals surface area contributed by atoms with Crippen LogP contribution in [0.1, 0.15) is 15.9 Å². The number of hydrogen-bond acceptors (Lipinski definition) is 4. The summed E-state index contributed by atoms with van der Waals surface area (Å²) >= 11 is 0. The topological polar surface area (TPSA) is 70.4 Å². The Kier molecular flexibility index (Phi) is 2.55. The number of ketones is 1. The fraction of sp³-hybridized carbons (Fsp3) is 0. The molecule has 0 unspecified atom stereocenters. The smallest absolute Gasteiger partial charge is 0.194 e. The summed E-state index contributed by atoms with van der Waals surface area (Å²) in [7, 11) is 0. The molecule has 1 aromatic heterocycles. The van der Waals surface area contributed by atoms with Crippen molar-refractivity contribution in [2.45, 2.75) is 0 Å². The van der Waals surface area contributed by atoms with Crippen molar-refractivity contribution in [3.63, 3.8) is 0 Å². The third-order valence-electron chi connectivity index (χ3n) is 2.16. The lowest BCUT2D eigenvalue weighted by molar-refractivity contribution is 0.103. The summed E-state index contributed by atoms with van der Waals surface area (Å²) in [6, 6.07) is 7.25. The van der Waals surface area contributed by atoms with E-state index in [-0.39, 0.29) is 17.3 Å². The van der Waals surface area contributed by atoms with Crippen LogP contribution in [0.25, 0.3) is 0 Å². The summed E-state index contributed by atoms with van der Waals surface area (Å²) in [5, 5.41) is 18.4. The van der Waals surface area contributed by atoms with Gasteiger partial charge in [-0.15, -0.1) is 0 Å². The van der Waals surface area contributed by atoms with Crippen LogP contribution in [0.4, 0.5) is 0 Å². The Bertz CT molecular complexity index is 523. The van der Waals surface area contributed by atoms with Crippen molar-refractivity contribution in [3.8, 4) is 11.5 Å². The minimum Gasteiger partial charge on any atom is -0.504 e. The monoisotopic (exact) mass is 215 g/mol. The van der Waals surface area contributed by atoms with Crippen molar-refractivity contribution >= 4 is 5.78 Å². The Hall–Kier alpha value is -2.36. The second-order valence-corrected chi connectivity index (χ2v) is 3.27. The standard InChI is InChI=1S/C12H9NO3/c14-10-4-3-8(6-11(10)15)12(16)9-2-1-5-13-7-9/h1-7,14-15H. The zero-order valence-electron chi connectivity index (χ0n) is 8.29. The normalized spacial score (nSPS) is 10.0. The van der Waals surface area contributed by atoms with Gasteiger partial charge < -0.3 is 10.2 Å². The Balaban J connectivity index is 2.39. The molecule has 16 heavy (non-hydrogen) atoms. The zero-order valence-corrected chi connectivity index (χ0v) is 8.29. The molecule has 0 aliphatic carbocycles. The number of aromatic hydroxyl groups is 2. The summed E-state index contributed by atoms with van der Waals surface area (Å²) in [5.74, 6) is -0.805. The number of nitrogens with zero attached hydrogens (tertiary/aromatic N) is 1. The largest absolute Gasteiger partial charge is 0.504 e. The van der Waals surface area contributed by atoms with Gasteiger partial charge in [0.05, 0.1) is 0 Å². The first-order valence-electron chi connectivity index (χ1n) is 4.65. The molecule has 4 heteroatoms. The average Bonchev–Trinajstić information content (AvgIpc) is 2.33. The number of benzene rings is 1. The zero-order chi connectivity index (χ0) is 11.5. The van der Waals surface area contributed by atoms with E-state index in [2.05, 4.69) is 4.98 Å². The summed E-state index contributed by atoms with van der Waals surface area (Å²) in [4.78, 5) is 15.7. The van der Waals surface area contributed by atoms with E-state index in [4.69, 9.17) is 5.11 Å². The van der Waals surface area contributed by atoms with Gasteiger partial charge in [0.1, 0.15) is 0 Å². The number of rotatable bonds is 2. The molecule has 0 spiro atoms. The SMILES string of the molecule is O=C(c1cccnc1)c1ccc(O)c(O)c1. The van der Waals surface area contributed by atoms with Crippen LogP contribution in [0.3, 0.4) is 0 Å². The first-order valence-corrected chi connectivity index (χ1v) is 4.65. The predicted octanol–water partition coefficient (Wildman–Crippen LogP) is 1.72. The molecule has 0 radical (unpaired) electrons.